The summed E-state index contributed by atoms with van der Waals surface area (Å²) in [6, 6.07) is 13.2. The average Bonchev–Trinajstić information content (AvgIpc) is 3.30. The number of benzene rings is 1. The lowest BCUT2D eigenvalue weighted by Crippen LogP contribution is -2.48. The van der Waals surface area contributed by atoms with Gasteiger partial charge in [-0.3, -0.25) is 15.0 Å². The molecule has 2 aromatic rings. The summed E-state index contributed by atoms with van der Waals surface area (Å²) >= 11 is 0. The molecule has 1 unspecified atom stereocenters. The van der Waals surface area contributed by atoms with Crippen molar-refractivity contribution in [1.29, 1.82) is 5.26 Å². The molecule has 7 nitrogen and oxygen atoms in total. The fourth-order valence-electron chi connectivity index (χ4n) is 4.06. The molecular weight excluding hydrogens is 380 g/mol. The second-order valence-corrected chi connectivity index (χ2v) is 7.33. The molecule has 3 N–H and O–H groups in total. The van der Waals surface area contributed by atoms with Crippen LogP contribution in [0.2, 0.25) is 0 Å². The quantitative estimate of drug-likeness (QED) is 0.811. The highest BCUT2D eigenvalue weighted by Crippen LogP contribution is 2.44. The van der Waals surface area contributed by atoms with Gasteiger partial charge in [0.15, 0.2) is 11.5 Å². The fourth-order valence-corrected chi connectivity index (χ4v) is 4.06. The molecule has 0 saturated carbocycles. The molecule has 0 radical (unpaired) electrons. The summed E-state index contributed by atoms with van der Waals surface area (Å²) in [4.78, 5) is 25.6. The maximum Gasteiger partial charge on any atom is 0.305 e. The summed E-state index contributed by atoms with van der Waals surface area (Å²) in [7, 11) is 0. The molecule has 1 aliphatic heterocycles. The van der Waals surface area contributed by atoms with Gasteiger partial charge in [-0.2, -0.15) is 5.26 Å². The lowest BCUT2D eigenvalue weighted by atomic mass is 9.76. The number of nitrogens with one attached hydrogen (secondary N) is 1. The van der Waals surface area contributed by atoms with E-state index in [4.69, 9.17) is 10.2 Å². The van der Waals surface area contributed by atoms with Gasteiger partial charge in [0.25, 0.3) is 0 Å². The normalized spacial score (nSPS) is 18.9. The van der Waals surface area contributed by atoms with Gasteiger partial charge in [-0.15, -0.1) is 0 Å². The second-order valence-electron chi connectivity index (χ2n) is 7.33. The van der Waals surface area contributed by atoms with Crippen molar-refractivity contribution in [2.24, 2.45) is 5.73 Å². The van der Waals surface area contributed by atoms with Crippen molar-refractivity contribution < 1.29 is 14.0 Å². The highest BCUT2D eigenvalue weighted by molar-refractivity contribution is 6.00. The van der Waals surface area contributed by atoms with Crippen LogP contribution in [0, 0.1) is 11.3 Å². The van der Waals surface area contributed by atoms with Crippen LogP contribution in [-0.2, 0) is 11.2 Å². The number of nitrogens with zero attached hydrogens (tertiary/aromatic N) is 2. The van der Waals surface area contributed by atoms with Crippen LogP contribution in [0.1, 0.15) is 53.8 Å². The van der Waals surface area contributed by atoms with Crippen LogP contribution in [0.5, 0.6) is 0 Å². The second kappa shape index (κ2) is 7.91. The predicted octanol–water partition coefficient (Wildman–Crippen LogP) is 3.29. The van der Waals surface area contributed by atoms with Gasteiger partial charge in [0, 0.05) is 17.7 Å². The first-order valence-electron chi connectivity index (χ1n) is 9.94. The maximum atomic E-state index is 13.0. The first kappa shape index (κ1) is 19.5. The van der Waals surface area contributed by atoms with E-state index in [9.17, 15) is 14.9 Å². The first-order chi connectivity index (χ1) is 14.5. The number of hydrogen-bond donors (Lipinski definition) is 2. The molecule has 1 aromatic carbocycles. The molecule has 2 heterocycles. The van der Waals surface area contributed by atoms with E-state index in [2.05, 4.69) is 18.4 Å². The number of allylic oxidation sites excluding steroid dienone is 3. The van der Waals surface area contributed by atoms with Crippen molar-refractivity contribution in [3.8, 4) is 6.07 Å². The van der Waals surface area contributed by atoms with Gasteiger partial charge in [-0.1, -0.05) is 31.2 Å². The molecular formula is C23H22N4O3. The lowest BCUT2D eigenvalue weighted by molar-refractivity contribution is -0.116. The molecule has 1 aliphatic carbocycles. The summed E-state index contributed by atoms with van der Waals surface area (Å²) in [5.41, 5.74) is 12.5. The standard InChI is InChI=1S/C23H22N4O3/c1-2-14-8-10-15(11-9-14)20-16(13-24)22(25)27(17-5-3-6-18(28)21(17)20)26-23(29)19-7-4-12-30-19/h4,7-12,20H,2-3,5-6,25H2,1H3,(H,26,29). The highest BCUT2D eigenvalue weighted by Gasteiger charge is 2.40. The molecule has 152 valence electrons. The third kappa shape index (κ3) is 3.26. The molecule has 0 bridgehead atoms. The van der Waals surface area contributed by atoms with Crippen LogP contribution >= 0.6 is 0 Å². The minimum Gasteiger partial charge on any atom is -0.459 e. The molecule has 4 rings (SSSR count). The van der Waals surface area contributed by atoms with E-state index in [1.165, 1.54) is 22.9 Å². The zero-order chi connectivity index (χ0) is 21.3. The number of hydrogen-bond acceptors (Lipinski definition) is 6. The Morgan fingerprint density at radius 2 is 2.07 bits per heavy atom. The van der Waals surface area contributed by atoms with Gasteiger partial charge in [0.05, 0.1) is 23.8 Å². The number of amides is 1. The Morgan fingerprint density at radius 3 is 2.70 bits per heavy atom. The van der Waals surface area contributed by atoms with Crippen LogP contribution < -0.4 is 11.2 Å². The average molecular weight is 402 g/mol. The largest absolute Gasteiger partial charge is 0.459 e. The van der Waals surface area contributed by atoms with Gasteiger partial charge >= 0.3 is 5.91 Å². The summed E-state index contributed by atoms with van der Waals surface area (Å²) < 4.78 is 5.15. The Bertz CT molecular complexity index is 1090. The van der Waals surface area contributed by atoms with E-state index in [0.29, 0.717) is 30.5 Å². The van der Waals surface area contributed by atoms with E-state index < -0.39 is 11.8 Å². The Labute approximate surface area is 174 Å². The number of carbonyl (C=O) groups excluding carboxylic acids is 2. The minimum absolute atomic E-state index is 0.0293. The number of nitrogens with two attached hydrogens (primary N) is 1. The van der Waals surface area contributed by atoms with Crippen molar-refractivity contribution in [1.82, 2.24) is 10.4 Å². The third-order valence-corrected chi connectivity index (χ3v) is 5.59. The molecule has 0 saturated heterocycles. The first-order valence-corrected chi connectivity index (χ1v) is 9.94. The molecule has 7 heteroatoms. The van der Waals surface area contributed by atoms with E-state index in [0.717, 1.165) is 12.0 Å². The SMILES string of the molecule is CCc1ccc(C2C(C#N)=C(N)N(NC(=O)c3ccco3)C3=C2C(=O)CCC3)cc1. The van der Waals surface area contributed by atoms with E-state index in [-0.39, 0.29) is 22.9 Å². The van der Waals surface area contributed by atoms with Crippen molar-refractivity contribution in [2.75, 3.05) is 0 Å². The molecule has 0 fully saturated rings. The Morgan fingerprint density at radius 1 is 1.30 bits per heavy atom. The molecule has 1 aromatic heterocycles. The van der Waals surface area contributed by atoms with E-state index in [1.54, 1.807) is 6.07 Å². The topological polar surface area (TPSA) is 112 Å². The monoisotopic (exact) mass is 402 g/mol. The van der Waals surface area contributed by atoms with Crippen molar-refractivity contribution in [3.05, 3.63) is 82.2 Å². The number of carbonyl (C=O) groups is 2. The number of rotatable bonds is 4. The van der Waals surface area contributed by atoms with E-state index >= 15 is 0 Å². The van der Waals surface area contributed by atoms with Crippen molar-refractivity contribution in [2.45, 2.75) is 38.5 Å². The van der Waals surface area contributed by atoms with Crippen LogP contribution in [0.4, 0.5) is 0 Å². The van der Waals surface area contributed by atoms with Gasteiger partial charge < -0.3 is 10.2 Å². The highest BCUT2D eigenvalue weighted by atomic mass is 16.3. The maximum absolute atomic E-state index is 13.0. The summed E-state index contributed by atoms with van der Waals surface area (Å²) in [6.45, 7) is 2.07. The van der Waals surface area contributed by atoms with E-state index in [1.807, 2.05) is 24.3 Å². The third-order valence-electron chi connectivity index (χ3n) is 5.59. The van der Waals surface area contributed by atoms with Crippen LogP contribution in [0.15, 0.2) is 69.7 Å². The molecule has 1 atom stereocenters. The zero-order valence-corrected chi connectivity index (χ0v) is 16.6. The number of ketones is 1. The number of furan rings is 1. The fraction of sp³-hybridized carbons (Fsp3) is 0.261. The molecule has 1 amide bonds. The molecule has 0 spiro atoms. The Kier molecular flexibility index (Phi) is 5.15. The van der Waals surface area contributed by atoms with Crippen LogP contribution in [0.25, 0.3) is 0 Å². The van der Waals surface area contributed by atoms with Crippen LogP contribution in [0.3, 0.4) is 0 Å². The lowest BCUT2D eigenvalue weighted by Gasteiger charge is -2.39. The van der Waals surface area contributed by atoms with Gasteiger partial charge in [-0.25, -0.2) is 5.01 Å². The van der Waals surface area contributed by atoms with Crippen molar-refractivity contribution >= 4 is 11.7 Å². The molecule has 30 heavy (non-hydrogen) atoms. The van der Waals surface area contributed by atoms with Gasteiger partial charge in [-0.05, 0) is 42.5 Å². The number of Topliss-reactive ketones (excluding diaryl/α,β-unsaturated/α-hetero) is 1. The zero-order valence-electron chi connectivity index (χ0n) is 16.6. The number of nitriles is 1. The predicted molar refractivity (Wildman–Crippen MR) is 109 cm³/mol. The smallest absolute Gasteiger partial charge is 0.305 e. The van der Waals surface area contributed by atoms with Crippen molar-refractivity contribution in [3.63, 3.8) is 0 Å². The minimum atomic E-state index is -0.541. The summed E-state index contributed by atoms with van der Waals surface area (Å²) in [5, 5.41) is 11.3. The summed E-state index contributed by atoms with van der Waals surface area (Å²) in [5.74, 6) is -0.840. The van der Waals surface area contributed by atoms with Gasteiger partial charge in [0.2, 0.25) is 0 Å². The summed E-state index contributed by atoms with van der Waals surface area (Å²) in [6.07, 6.45) is 3.92. The Hall–Kier alpha value is -3.79. The Balaban J connectivity index is 1.81. The van der Waals surface area contributed by atoms with Gasteiger partial charge in [0.1, 0.15) is 5.82 Å². The van der Waals surface area contributed by atoms with Crippen LogP contribution in [-0.4, -0.2) is 16.7 Å². The number of aryl methyl sites for hydroxylation is 1. The number of hydrazine groups is 1. The molecule has 2 aliphatic rings.